The zero-order chi connectivity index (χ0) is 23.7. The summed E-state index contributed by atoms with van der Waals surface area (Å²) < 4.78 is 10.9. The van der Waals surface area contributed by atoms with E-state index in [-0.39, 0.29) is 18.0 Å². The van der Waals surface area contributed by atoms with Crippen molar-refractivity contribution < 1.29 is 18.7 Å². The summed E-state index contributed by atoms with van der Waals surface area (Å²) in [6, 6.07) is 13.9. The molecule has 2 aromatic heterocycles. The summed E-state index contributed by atoms with van der Waals surface area (Å²) in [5, 5.41) is 15.2. The number of carbonyl (C=O) groups is 2. The quantitative estimate of drug-likeness (QED) is 0.437. The largest absolute Gasteiger partial charge is 0.462 e. The van der Waals surface area contributed by atoms with Gasteiger partial charge in [-0.05, 0) is 61.2 Å². The second-order valence-corrected chi connectivity index (χ2v) is 8.13. The Labute approximate surface area is 198 Å². The van der Waals surface area contributed by atoms with Crippen LogP contribution in [0.3, 0.4) is 0 Å². The van der Waals surface area contributed by atoms with E-state index in [1.807, 2.05) is 6.07 Å². The number of benzene rings is 1. The molecule has 1 N–H and O–H groups in total. The first-order valence-electron chi connectivity index (χ1n) is 10.3. The molecule has 1 aromatic carbocycles. The van der Waals surface area contributed by atoms with Crippen LogP contribution in [0.1, 0.15) is 28.6 Å². The predicted octanol–water partition coefficient (Wildman–Crippen LogP) is 4.19. The normalized spacial score (nSPS) is 16.4. The molecule has 5 rings (SSSR count). The van der Waals surface area contributed by atoms with Crippen LogP contribution in [0, 0.1) is 5.41 Å². The fourth-order valence-corrected chi connectivity index (χ4v) is 4.22. The number of amides is 1. The van der Waals surface area contributed by atoms with E-state index in [0.29, 0.717) is 32.9 Å². The minimum Gasteiger partial charge on any atom is -0.462 e. The lowest BCUT2D eigenvalue weighted by molar-refractivity contribution is -0.114. The number of hydrogen-bond donors (Lipinski definition) is 1. The van der Waals surface area contributed by atoms with Crippen LogP contribution in [0.2, 0.25) is 0 Å². The Morgan fingerprint density at radius 1 is 1.21 bits per heavy atom. The highest BCUT2D eigenvalue weighted by atomic mass is 32.2. The molecule has 0 saturated heterocycles. The number of ether oxygens (including phenoxy) is 1. The molecule has 0 spiro atoms. The van der Waals surface area contributed by atoms with E-state index in [9.17, 15) is 9.59 Å². The second-order valence-electron chi connectivity index (χ2n) is 7.17. The number of nitrogens with zero attached hydrogens (tertiary/aromatic N) is 4. The third-order valence-corrected chi connectivity index (χ3v) is 5.89. The topological polar surface area (TPSA) is 121 Å². The van der Waals surface area contributed by atoms with Crippen molar-refractivity contribution in [2.75, 3.05) is 6.61 Å². The molecule has 0 unspecified atom stereocenters. The molecule has 34 heavy (non-hydrogen) atoms. The summed E-state index contributed by atoms with van der Waals surface area (Å²) in [5.74, 6) is -0.183. The number of furan rings is 1. The Kier molecular flexibility index (Phi) is 5.64. The van der Waals surface area contributed by atoms with Gasteiger partial charge in [-0.15, -0.1) is 0 Å². The molecular formula is C24H17N5O4S. The van der Waals surface area contributed by atoms with Gasteiger partial charge < -0.3 is 9.15 Å². The number of rotatable bonds is 5. The van der Waals surface area contributed by atoms with E-state index in [4.69, 9.17) is 14.6 Å². The van der Waals surface area contributed by atoms with Crippen LogP contribution in [-0.4, -0.2) is 44.5 Å². The van der Waals surface area contributed by atoms with Crippen LogP contribution in [-0.2, 0) is 9.53 Å². The van der Waals surface area contributed by atoms with Gasteiger partial charge in [-0.3, -0.25) is 15.2 Å². The zero-order valence-corrected chi connectivity index (χ0v) is 18.7. The number of hydrazone groups is 1. The van der Waals surface area contributed by atoms with E-state index in [0.717, 1.165) is 5.56 Å². The average molecular weight is 471 g/mol. The van der Waals surface area contributed by atoms with Gasteiger partial charge in [0.15, 0.2) is 5.84 Å². The predicted molar refractivity (Wildman–Crippen MR) is 128 cm³/mol. The number of nitrogens with one attached hydrogen (secondary N) is 1. The summed E-state index contributed by atoms with van der Waals surface area (Å²) >= 11 is 1.21. The van der Waals surface area contributed by atoms with E-state index in [2.05, 4.69) is 15.1 Å². The molecule has 0 atom stereocenters. The molecule has 4 heterocycles. The number of amidine groups is 2. The summed E-state index contributed by atoms with van der Waals surface area (Å²) in [5.41, 5.74) is 1.93. The third kappa shape index (κ3) is 4.06. The van der Waals surface area contributed by atoms with E-state index in [1.165, 1.54) is 22.8 Å². The van der Waals surface area contributed by atoms with Crippen LogP contribution in [0.15, 0.2) is 81.0 Å². The molecule has 168 valence electrons. The van der Waals surface area contributed by atoms with Crippen molar-refractivity contribution in [3.8, 4) is 11.3 Å². The minimum absolute atomic E-state index is 0.0571. The van der Waals surface area contributed by atoms with Gasteiger partial charge in [0.2, 0.25) is 5.17 Å². The fraction of sp³-hybridized carbons (Fsp3) is 0.0833. The first-order valence-corrected chi connectivity index (χ1v) is 11.1. The minimum atomic E-state index is -0.548. The lowest BCUT2D eigenvalue weighted by atomic mass is 10.1. The number of hydrogen-bond acceptors (Lipinski definition) is 8. The highest BCUT2D eigenvalue weighted by Gasteiger charge is 2.36. The summed E-state index contributed by atoms with van der Waals surface area (Å²) in [7, 11) is 0. The van der Waals surface area contributed by atoms with Gasteiger partial charge in [0.1, 0.15) is 16.6 Å². The number of esters is 1. The van der Waals surface area contributed by atoms with Crippen molar-refractivity contribution in [2.24, 2.45) is 10.1 Å². The van der Waals surface area contributed by atoms with Gasteiger partial charge in [0.05, 0.1) is 17.7 Å². The second kappa shape index (κ2) is 8.91. The molecule has 0 radical (unpaired) electrons. The lowest BCUT2D eigenvalue weighted by Crippen LogP contribution is -2.35. The molecule has 0 aliphatic carbocycles. The number of aromatic nitrogens is 1. The average Bonchev–Trinajstić information content (AvgIpc) is 3.50. The number of aliphatic imine (C=N–C) groups is 1. The SMILES string of the molecule is CCOC(=O)c1cccc(-c2ccc(C=C3C(=N)N4N=C(c5cccnc5)SC4=NC3=O)o2)c1. The molecular weight excluding hydrogens is 454 g/mol. The number of pyridine rings is 1. The van der Waals surface area contributed by atoms with Crippen LogP contribution >= 0.6 is 11.8 Å². The molecule has 2 aliphatic heterocycles. The smallest absolute Gasteiger partial charge is 0.338 e. The van der Waals surface area contributed by atoms with Crippen molar-refractivity contribution in [1.29, 1.82) is 5.41 Å². The Morgan fingerprint density at radius 3 is 2.85 bits per heavy atom. The molecule has 1 amide bonds. The summed E-state index contributed by atoms with van der Waals surface area (Å²) in [4.78, 5) is 32.8. The maximum absolute atomic E-state index is 12.7. The first kappa shape index (κ1) is 21.5. The third-order valence-electron chi connectivity index (χ3n) is 4.93. The number of fused-ring (bicyclic) bond motifs is 1. The molecule has 2 aliphatic rings. The van der Waals surface area contributed by atoms with Crippen molar-refractivity contribution in [1.82, 2.24) is 9.99 Å². The Bertz CT molecular complexity index is 1410. The van der Waals surface area contributed by atoms with Crippen molar-refractivity contribution >= 4 is 45.8 Å². The highest BCUT2D eigenvalue weighted by molar-refractivity contribution is 8.27. The molecule has 3 aromatic rings. The molecule has 9 nitrogen and oxygen atoms in total. The Balaban J connectivity index is 1.41. The maximum Gasteiger partial charge on any atom is 0.338 e. The summed E-state index contributed by atoms with van der Waals surface area (Å²) in [6.07, 6.45) is 4.78. The maximum atomic E-state index is 12.7. The van der Waals surface area contributed by atoms with Gasteiger partial charge in [-0.1, -0.05) is 12.1 Å². The Morgan fingerprint density at radius 2 is 2.06 bits per heavy atom. The van der Waals surface area contributed by atoms with E-state index < -0.39 is 11.9 Å². The van der Waals surface area contributed by atoms with Gasteiger partial charge in [-0.25, -0.2) is 4.79 Å². The van der Waals surface area contributed by atoms with Crippen LogP contribution in [0.5, 0.6) is 0 Å². The number of thioether (sulfide) groups is 1. The summed E-state index contributed by atoms with van der Waals surface area (Å²) in [6.45, 7) is 2.03. The number of carbonyl (C=O) groups excluding carboxylic acids is 2. The molecule has 0 fully saturated rings. The first-order chi connectivity index (χ1) is 16.5. The molecule has 0 bridgehead atoms. The monoisotopic (exact) mass is 471 g/mol. The molecule has 10 heteroatoms. The van der Waals surface area contributed by atoms with Crippen molar-refractivity contribution in [3.63, 3.8) is 0 Å². The fourth-order valence-electron chi connectivity index (χ4n) is 3.34. The van der Waals surface area contributed by atoms with Crippen molar-refractivity contribution in [3.05, 3.63) is 83.4 Å². The zero-order valence-electron chi connectivity index (χ0n) is 17.9. The van der Waals surface area contributed by atoms with E-state index in [1.54, 1.807) is 61.8 Å². The lowest BCUT2D eigenvalue weighted by Gasteiger charge is -2.19. The van der Waals surface area contributed by atoms with Gasteiger partial charge in [0, 0.05) is 23.5 Å². The molecule has 0 saturated carbocycles. The van der Waals surface area contributed by atoms with Gasteiger partial charge in [0.25, 0.3) is 5.91 Å². The van der Waals surface area contributed by atoms with Crippen LogP contribution < -0.4 is 0 Å². The standard InChI is InChI=1S/C24H17N5O4S/c1-2-32-23(31)15-6-3-5-14(11-15)19-9-8-17(33-19)12-18-20(25)29-24(27-21(18)30)34-22(28-29)16-7-4-10-26-13-16/h3-13,25H,2H2,1H3. The Hall–Kier alpha value is -4.31. The van der Waals surface area contributed by atoms with Crippen LogP contribution in [0.4, 0.5) is 0 Å². The van der Waals surface area contributed by atoms with Gasteiger partial charge in [-0.2, -0.15) is 15.1 Å². The van der Waals surface area contributed by atoms with Crippen molar-refractivity contribution in [2.45, 2.75) is 6.92 Å². The highest BCUT2D eigenvalue weighted by Crippen LogP contribution is 2.31. The van der Waals surface area contributed by atoms with Crippen LogP contribution in [0.25, 0.3) is 17.4 Å². The van der Waals surface area contributed by atoms with Gasteiger partial charge >= 0.3 is 5.97 Å². The van der Waals surface area contributed by atoms with E-state index >= 15 is 0 Å².